The molecule has 0 aromatic heterocycles. The third-order valence-electron chi connectivity index (χ3n) is 4.85. The number of hydrogen-bond donors (Lipinski definition) is 3. The number of likely N-dealkylation sites (N-methyl/N-ethyl adjacent to an activating group) is 1. The first kappa shape index (κ1) is 23.4. The zero-order valence-electron chi connectivity index (χ0n) is 17.3. The molecule has 0 saturated carbocycles. The second-order valence-corrected chi connectivity index (χ2v) is 8.79. The van der Waals surface area contributed by atoms with E-state index in [2.05, 4.69) is 5.32 Å². The molecular formula is C19H25N2O9P. The largest absolute Gasteiger partial charge is 0.534 e. The SMILES string of the molecule is CNC(=O)/C(C)=C\N(C=O)C1CCC(C(O)(O)OP2(=O)OCc3cc(C)ccc3O2)O1. The molecule has 0 radical (unpaired) electrons. The summed E-state index contributed by atoms with van der Waals surface area (Å²) in [6.07, 6.45) is -0.241. The van der Waals surface area contributed by atoms with Crippen molar-refractivity contribution in [3.05, 3.63) is 41.1 Å². The van der Waals surface area contributed by atoms with Gasteiger partial charge in [-0.05, 0) is 32.8 Å². The van der Waals surface area contributed by atoms with E-state index in [1.807, 2.05) is 6.92 Å². The highest BCUT2D eigenvalue weighted by Crippen LogP contribution is 2.57. The van der Waals surface area contributed by atoms with E-state index in [0.29, 0.717) is 12.0 Å². The quantitative estimate of drug-likeness (QED) is 0.239. The van der Waals surface area contributed by atoms with E-state index in [4.69, 9.17) is 18.3 Å². The molecule has 2 aliphatic rings. The van der Waals surface area contributed by atoms with Crippen molar-refractivity contribution >= 4 is 20.1 Å². The zero-order valence-corrected chi connectivity index (χ0v) is 18.2. The Morgan fingerprint density at radius 1 is 1.39 bits per heavy atom. The minimum absolute atomic E-state index is 0.0602. The lowest BCUT2D eigenvalue weighted by molar-refractivity contribution is -0.349. The maximum Gasteiger partial charge on any atom is 0.534 e. The van der Waals surface area contributed by atoms with Gasteiger partial charge in [-0.15, -0.1) is 0 Å². The fourth-order valence-electron chi connectivity index (χ4n) is 3.25. The topological polar surface area (TPSA) is 144 Å². The molecule has 3 atom stereocenters. The predicted molar refractivity (Wildman–Crippen MR) is 106 cm³/mol. The lowest BCUT2D eigenvalue weighted by Crippen LogP contribution is -2.45. The third-order valence-corrected chi connectivity index (χ3v) is 6.21. The van der Waals surface area contributed by atoms with Crippen LogP contribution in [0, 0.1) is 6.92 Å². The molecule has 1 aromatic rings. The van der Waals surface area contributed by atoms with Crippen molar-refractivity contribution in [3.8, 4) is 5.75 Å². The standard InChI is InChI=1S/C19H25N2O9P/c1-12-4-5-15-14(8-12)10-27-31(26,29-15)30-19(24,25)16-6-7-17(28-16)21(11-22)9-13(2)18(23)20-3/h4-5,8-9,11,16-17,24-25H,6-7,10H2,1-3H3,(H,20,23)/b13-9-. The van der Waals surface area contributed by atoms with Gasteiger partial charge in [-0.25, -0.2) is 9.09 Å². The smallest absolute Gasteiger partial charge is 0.404 e. The van der Waals surface area contributed by atoms with Crippen LogP contribution in [0.5, 0.6) is 5.75 Å². The first-order valence-electron chi connectivity index (χ1n) is 9.55. The van der Waals surface area contributed by atoms with Gasteiger partial charge in [0.25, 0.3) is 0 Å². The molecule has 1 fully saturated rings. The van der Waals surface area contributed by atoms with E-state index >= 15 is 0 Å². The van der Waals surface area contributed by atoms with Crippen LogP contribution in [0.25, 0.3) is 0 Å². The van der Waals surface area contributed by atoms with Crippen molar-refractivity contribution in [1.82, 2.24) is 10.2 Å². The van der Waals surface area contributed by atoms with Crippen LogP contribution in [0.2, 0.25) is 0 Å². The van der Waals surface area contributed by atoms with Crippen LogP contribution in [0.3, 0.4) is 0 Å². The number of hydrogen-bond acceptors (Lipinski definition) is 9. The summed E-state index contributed by atoms with van der Waals surface area (Å²) in [5, 5.41) is 23.2. The Hall–Kier alpha value is -2.27. The van der Waals surface area contributed by atoms with Crippen LogP contribution in [0.15, 0.2) is 30.0 Å². The summed E-state index contributed by atoms with van der Waals surface area (Å²) in [7, 11) is -2.90. The van der Waals surface area contributed by atoms with E-state index < -0.39 is 26.1 Å². The highest BCUT2D eigenvalue weighted by molar-refractivity contribution is 7.49. The molecule has 170 valence electrons. The maximum absolute atomic E-state index is 12.8. The van der Waals surface area contributed by atoms with Crippen LogP contribution >= 0.6 is 7.82 Å². The highest BCUT2D eigenvalue weighted by Gasteiger charge is 2.51. The van der Waals surface area contributed by atoms with Crippen LogP contribution in [-0.4, -0.2) is 52.8 Å². The Morgan fingerprint density at radius 2 is 2.13 bits per heavy atom. The van der Waals surface area contributed by atoms with Crippen LogP contribution in [0.1, 0.15) is 30.9 Å². The summed E-state index contributed by atoms with van der Waals surface area (Å²) in [4.78, 5) is 24.2. The van der Waals surface area contributed by atoms with Gasteiger partial charge in [-0.3, -0.25) is 19.0 Å². The number of amides is 2. The van der Waals surface area contributed by atoms with Crippen molar-refractivity contribution in [2.24, 2.45) is 0 Å². The maximum atomic E-state index is 12.8. The molecule has 0 bridgehead atoms. The Morgan fingerprint density at radius 3 is 2.81 bits per heavy atom. The number of ether oxygens (including phenoxy) is 1. The van der Waals surface area contributed by atoms with Crippen molar-refractivity contribution in [2.75, 3.05) is 7.05 Å². The molecule has 2 amide bonds. The second-order valence-electron chi connectivity index (χ2n) is 7.27. The number of nitrogens with zero attached hydrogens (tertiary/aromatic N) is 1. The summed E-state index contributed by atoms with van der Waals surface area (Å²) < 4.78 is 33.7. The van der Waals surface area contributed by atoms with Gasteiger partial charge in [0.2, 0.25) is 12.3 Å². The van der Waals surface area contributed by atoms with Gasteiger partial charge in [-0.2, -0.15) is 0 Å². The summed E-state index contributed by atoms with van der Waals surface area (Å²) in [5.41, 5.74) is 1.85. The van der Waals surface area contributed by atoms with Crippen LogP contribution < -0.4 is 9.84 Å². The van der Waals surface area contributed by atoms with Crippen LogP contribution in [-0.2, 0) is 34.5 Å². The number of fused-ring (bicyclic) bond motifs is 1. The Balaban J connectivity index is 1.67. The van der Waals surface area contributed by atoms with Crippen molar-refractivity contribution in [2.45, 2.75) is 51.6 Å². The zero-order chi connectivity index (χ0) is 22.8. The van der Waals surface area contributed by atoms with Crippen molar-refractivity contribution in [1.29, 1.82) is 0 Å². The molecular weight excluding hydrogens is 431 g/mol. The molecule has 31 heavy (non-hydrogen) atoms. The summed E-state index contributed by atoms with van der Waals surface area (Å²) in [6, 6.07) is 5.12. The third kappa shape index (κ3) is 5.32. The minimum Gasteiger partial charge on any atom is -0.404 e. The summed E-state index contributed by atoms with van der Waals surface area (Å²) >= 11 is 0. The van der Waals surface area contributed by atoms with Gasteiger partial charge in [0.15, 0.2) is 0 Å². The molecule has 11 nitrogen and oxygen atoms in total. The van der Waals surface area contributed by atoms with E-state index in [-0.39, 0.29) is 36.7 Å². The average Bonchev–Trinajstić information content (AvgIpc) is 3.22. The lowest BCUT2D eigenvalue weighted by atomic mass is 10.1. The number of aliphatic hydroxyl groups is 2. The van der Waals surface area contributed by atoms with Crippen molar-refractivity contribution < 1.29 is 42.7 Å². The van der Waals surface area contributed by atoms with E-state index in [9.17, 15) is 24.4 Å². The molecule has 2 heterocycles. The number of carbonyl (C=O) groups is 2. The Labute approximate surface area is 179 Å². The van der Waals surface area contributed by atoms with Gasteiger partial charge in [0, 0.05) is 24.4 Å². The number of carbonyl (C=O) groups excluding carboxylic acids is 2. The number of phosphoric ester groups is 1. The number of rotatable bonds is 7. The normalized spacial score (nSPS) is 26.0. The number of benzene rings is 1. The van der Waals surface area contributed by atoms with E-state index in [1.165, 1.54) is 20.2 Å². The van der Waals surface area contributed by atoms with Gasteiger partial charge in [-0.1, -0.05) is 17.7 Å². The summed E-state index contributed by atoms with van der Waals surface area (Å²) in [6.45, 7) is 3.29. The average molecular weight is 456 g/mol. The van der Waals surface area contributed by atoms with E-state index in [1.54, 1.807) is 18.2 Å². The molecule has 3 N–H and O–H groups in total. The number of phosphoric acid groups is 1. The molecule has 12 heteroatoms. The van der Waals surface area contributed by atoms with Gasteiger partial charge >= 0.3 is 13.8 Å². The Kier molecular flexibility index (Phi) is 6.85. The molecule has 0 spiro atoms. The molecule has 2 aliphatic heterocycles. The molecule has 0 aliphatic carbocycles. The van der Waals surface area contributed by atoms with E-state index in [0.717, 1.165) is 10.5 Å². The fraction of sp³-hybridized carbons (Fsp3) is 0.474. The van der Waals surface area contributed by atoms with Crippen LogP contribution in [0.4, 0.5) is 0 Å². The summed E-state index contributed by atoms with van der Waals surface area (Å²) in [5.74, 6) is -3.15. The first-order valence-corrected chi connectivity index (χ1v) is 11.0. The monoisotopic (exact) mass is 456 g/mol. The Bertz CT molecular complexity index is 933. The van der Waals surface area contributed by atoms with Gasteiger partial charge in [0.05, 0.1) is 6.61 Å². The lowest BCUT2D eigenvalue weighted by Gasteiger charge is -2.33. The number of aryl methyl sites for hydroxylation is 1. The minimum atomic E-state index is -4.35. The fourth-order valence-corrected chi connectivity index (χ4v) is 4.56. The van der Waals surface area contributed by atoms with Gasteiger partial charge in [0.1, 0.15) is 18.1 Å². The van der Waals surface area contributed by atoms with Gasteiger partial charge < -0.3 is 24.8 Å². The first-order chi connectivity index (χ1) is 14.6. The molecule has 1 saturated heterocycles. The number of nitrogens with one attached hydrogen (secondary N) is 1. The molecule has 3 unspecified atom stereocenters. The molecule has 1 aromatic carbocycles. The predicted octanol–water partition coefficient (Wildman–Crippen LogP) is 1.28. The van der Waals surface area contributed by atoms with Crippen molar-refractivity contribution in [3.63, 3.8) is 0 Å². The molecule has 3 rings (SSSR count). The highest BCUT2D eigenvalue weighted by atomic mass is 31.2. The second kappa shape index (κ2) is 9.07.